The number of halogens is 2. The van der Waals surface area contributed by atoms with Crippen molar-refractivity contribution in [2.45, 2.75) is 0 Å². The zero-order valence-electron chi connectivity index (χ0n) is 46.6. The number of nitrogens with one attached hydrogen (secondary N) is 1. The van der Waals surface area contributed by atoms with Gasteiger partial charge in [0.25, 0.3) is 0 Å². The van der Waals surface area contributed by atoms with Crippen molar-refractivity contribution in [1.29, 1.82) is 0 Å². The molecule has 0 saturated heterocycles. The molecule has 0 saturated carbocycles. The van der Waals surface area contributed by atoms with Gasteiger partial charge in [0, 0.05) is 5.69 Å². The molecule has 85 heavy (non-hydrogen) atoms. The summed E-state index contributed by atoms with van der Waals surface area (Å²) in [6.07, 6.45) is 0. The van der Waals surface area contributed by atoms with Crippen LogP contribution in [0.4, 0.5) is 11.4 Å². The molecule has 0 aliphatic carbocycles. The van der Waals surface area contributed by atoms with Gasteiger partial charge in [-0.2, -0.15) is 0 Å². The molecular formula is C78H61Cl2N2P2Ru-. The normalized spacial score (nSPS) is 10.8. The number of anilines is 1. The fourth-order valence-electron chi connectivity index (χ4n) is 10.6. The maximum atomic E-state index is 4.85. The average Bonchev–Trinajstić information content (AvgIpc) is 3.77. The third kappa shape index (κ3) is 15.6. The Hall–Kier alpha value is -8.22. The van der Waals surface area contributed by atoms with E-state index in [2.05, 4.69) is 290 Å². The molecule has 0 unspecified atom stereocenters. The van der Waals surface area contributed by atoms with Gasteiger partial charge in [-0.15, -0.1) is 12.2 Å². The van der Waals surface area contributed by atoms with Crippen LogP contribution in [0.15, 0.2) is 328 Å². The molecule has 14 rings (SSSR count). The standard InChI is InChI=1S/2C32H23P.C14H15N2.2ClH.Ru/c2*1-3-11-29-23(7-1)9-5-13-31(29)25-15-19-27(20-16-25)33-28-21-17-26(18-22-28)32-14-6-10-24-8-2-4-12-30(24)32;1-3-7-13(8-4-1)15-11-12-16-14-9-5-2-6-10-14;;;/h2*1-22,33H;1-10,15H,11-12H2;2*1H;/q;;-1;;;+2/p-2. The SMILES string of the molecule is [Cl][Ru][Cl].c1ccc([N-]CCNc2ccccc2)cc1.c1ccc2c(-c3ccc(Pc4ccc(-c5cccc6ccccc56)cc4)cc3)cccc2c1.c1ccc2c(-c3ccc(Pc4ccc(-c5cccc6ccccc56)cc4)cc3)cccc2c1. The first kappa shape index (κ1) is 58.6. The zero-order chi connectivity index (χ0) is 57.8. The van der Waals surface area contributed by atoms with Crippen molar-refractivity contribution >= 4 is 112 Å². The van der Waals surface area contributed by atoms with Crippen molar-refractivity contribution in [1.82, 2.24) is 0 Å². The molecule has 0 radical (unpaired) electrons. The molecule has 0 heterocycles. The predicted molar refractivity (Wildman–Crippen MR) is 374 cm³/mol. The van der Waals surface area contributed by atoms with Crippen molar-refractivity contribution in [3.63, 3.8) is 0 Å². The first-order valence-electron chi connectivity index (χ1n) is 28.3. The number of hydrogen-bond acceptors (Lipinski definition) is 1. The minimum absolute atomic E-state index is 0.346. The van der Waals surface area contributed by atoms with Crippen LogP contribution in [-0.4, -0.2) is 13.1 Å². The first-order chi connectivity index (χ1) is 42.1. The summed E-state index contributed by atoms with van der Waals surface area (Å²) in [5.74, 6) is 0. The quantitative estimate of drug-likeness (QED) is 0.0695. The molecule has 0 spiro atoms. The molecule has 1 N–H and O–H groups in total. The van der Waals surface area contributed by atoms with Gasteiger partial charge in [0.1, 0.15) is 0 Å². The summed E-state index contributed by atoms with van der Waals surface area (Å²) >= 11 is -0.346. The summed E-state index contributed by atoms with van der Waals surface area (Å²) in [5.41, 5.74) is 12.4. The topological polar surface area (TPSA) is 26.1 Å². The number of rotatable bonds is 13. The van der Waals surface area contributed by atoms with E-state index in [1.807, 2.05) is 48.5 Å². The monoisotopic (exact) mass is 1260 g/mol. The fraction of sp³-hybridized carbons (Fsp3) is 0.0256. The van der Waals surface area contributed by atoms with Crippen LogP contribution < -0.4 is 26.5 Å². The largest absolute Gasteiger partial charge is 0.683 e. The predicted octanol–water partition coefficient (Wildman–Crippen LogP) is 21.1. The maximum absolute atomic E-state index is 4.85. The summed E-state index contributed by atoms with van der Waals surface area (Å²) in [5, 5.41) is 23.6. The molecule has 0 atom stereocenters. The molecule has 0 aromatic heterocycles. The minimum Gasteiger partial charge on any atom is -0.683 e. The van der Waals surface area contributed by atoms with E-state index < -0.39 is 0 Å². The Bertz CT molecular complexity index is 3850. The van der Waals surface area contributed by atoms with Crippen molar-refractivity contribution in [3.8, 4) is 44.5 Å². The molecule has 0 bridgehead atoms. The van der Waals surface area contributed by atoms with E-state index in [0.29, 0.717) is 17.2 Å². The molecule has 0 fully saturated rings. The average molecular weight is 1260 g/mol. The Labute approximate surface area is 519 Å². The number of benzene rings is 14. The molecule has 2 nitrogen and oxygen atoms in total. The van der Waals surface area contributed by atoms with Crippen LogP contribution in [0.5, 0.6) is 0 Å². The van der Waals surface area contributed by atoms with Gasteiger partial charge >= 0.3 is 34.5 Å². The van der Waals surface area contributed by atoms with Gasteiger partial charge in [0.15, 0.2) is 0 Å². The Morgan fingerprint density at radius 2 is 0.541 bits per heavy atom. The molecule has 7 heteroatoms. The van der Waals surface area contributed by atoms with E-state index >= 15 is 0 Å². The van der Waals surface area contributed by atoms with E-state index in [1.54, 1.807) is 0 Å². The minimum atomic E-state index is -0.346. The Balaban J connectivity index is 0.000000137. The Morgan fingerprint density at radius 3 is 0.847 bits per heavy atom. The van der Waals surface area contributed by atoms with Crippen molar-refractivity contribution in [3.05, 3.63) is 333 Å². The van der Waals surface area contributed by atoms with Crippen LogP contribution in [0.1, 0.15) is 0 Å². The maximum Gasteiger partial charge on any atom is 0.0339 e. The second kappa shape index (κ2) is 30.0. The summed E-state index contributed by atoms with van der Waals surface area (Å²) in [6, 6.07) is 117. The van der Waals surface area contributed by atoms with E-state index in [9.17, 15) is 0 Å². The summed E-state index contributed by atoms with van der Waals surface area (Å²) in [6.45, 7) is 1.65. The molecule has 416 valence electrons. The van der Waals surface area contributed by atoms with Crippen LogP contribution in [0, 0.1) is 0 Å². The van der Waals surface area contributed by atoms with Gasteiger partial charge < -0.3 is 10.6 Å². The third-order valence-electron chi connectivity index (χ3n) is 14.8. The van der Waals surface area contributed by atoms with Gasteiger partial charge in [-0.05, 0) is 127 Å². The van der Waals surface area contributed by atoms with E-state index in [1.165, 1.54) is 109 Å². The number of nitrogens with zero attached hydrogens (tertiary/aromatic N) is 1. The van der Waals surface area contributed by atoms with E-state index in [0.717, 1.165) is 24.5 Å². The Morgan fingerprint density at radius 1 is 0.282 bits per heavy atom. The molecule has 0 aliphatic rings. The van der Waals surface area contributed by atoms with E-state index in [-0.39, 0.29) is 15.1 Å². The van der Waals surface area contributed by atoms with Crippen LogP contribution in [0.25, 0.3) is 92.9 Å². The third-order valence-corrected chi connectivity index (χ3v) is 17.3. The van der Waals surface area contributed by atoms with Crippen LogP contribution in [-0.2, 0) is 15.1 Å². The van der Waals surface area contributed by atoms with Gasteiger partial charge in [0.2, 0.25) is 0 Å². The molecule has 0 amide bonds. The molecule has 14 aromatic carbocycles. The number of hydrogen-bond donors (Lipinski definition) is 1. The first-order valence-corrected chi connectivity index (χ1v) is 34.8. The molecule has 0 aliphatic heterocycles. The number of fused-ring (bicyclic) bond motifs is 4. The zero-order valence-corrected chi connectivity index (χ0v) is 51.9. The van der Waals surface area contributed by atoms with Gasteiger partial charge in [-0.1, -0.05) is 333 Å². The molecular weight excluding hydrogens is 1200 g/mol. The second-order valence-corrected chi connectivity index (χ2v) is 25.7. The van der Waals surface area contributed by atoms with Crippen LogP contribution in [0.2, 0.25) is 0 Å². The number of para-hydroxylation sites is 2. The Kier molecular flexibility index (Phi) is 20.7. The second-order valence-electron chi connectivity index (χ2n) is 20.2. The summed E-state index contributed by atoms with van der Waals surface area (Å²) in [4.78, 5) is 0. The van der Waals surface area contributed by atoms with Crippen LogP contribution >= 0.6 is 36.5 Å². The fourth-order valence-corrected chi connectivity index (χ4v) is 12.6. The molecule has 14 aromatic rings. The van der Waals surface area contributed by atoms with Crippen molar-refractivity contribution in [2.75, 3.05) is 18.4 Å². The van der Waals surface area contributed by atoms with Crippen molar-refractivity contribution in [2.24, 2.45) is 0 Å². The van der Waals surface area contributed by atoms with Crippen LogP contribution in [0.3, 0.4) is 0 Å². The van der Waals surface area contributed by atoms with Gasteiger partial charge in [0.05, 0.1) is 0 Å². The van der Waals surface area contributed by atoms with E-state index in [4.69, 9.17) is 19.4 Å². The van der Waals surface area contributed by atoms with Crippen molar-refractivity contribution < 1.29 is 15.1 Å². The smallest absolute Gasteiger partial charge is 0.0339 e. The van der Waals surface area contributed by atoms with Gasteiger partial charge in [-0.3, -0.25) is 0 Å². The summed E-state index contributed by atoms with van der Waals surface area (Å²) < 4.78 is 0. The van der Waals surface area contributed by atoms with Gasteiger partial charge in [-0.25, -0.2) is 0 Å². The summed E-state index contributed by atoms with van der Waals surface area (Å²) in [7, 11) is 11.0.